The van der Waals surface area contributed by atoms with Gasteiger partial charge < -0.3 is 14.8 Å². The first kappa shape index (κ1) is 16.8. The van der Waals surface area contributed by atoms with Gasteiger partial charge in [0.25, 0.3) is 0 Å². The Hall–Kier alpha value is -2.30. The second kappa shape index (κ2) is 9.58. The van der Waals surface area contributed by atoms with E-state index in [1.165, 1.54) is 6.08 Å². The highest BCUT2D eigenvalue weighted by Crippen LogP contribution is 2.30. The summed E-state index contributed by atoms with van der Waals surface area (Å²) in [5, 5.41) is 2.69. The molecule has 0 aliphatic heterocycles. The molecule has 0 saturated heterocycles. The molecule has 21 heavy (non-hydrogen) atoms. The number of aldehydes is 1. The fourth-order valence-corrected chi connectivity index (χ4v) is 1.73. The topological polar surface area (TPSA) is 64.6 Å². The van der Waals surface area contributed by atoms with Crippen LogP contribution in [0.15, 0.2) is 30.9 Å². The molecule has 0 heterocycles. The van der Waals surface area contributed by atoms with Crippen LogP contribution in [0, 0.1) is 0 Å². The lowest BCUT2D eigenvalue weighted by Gasteiger charge is -2.13. The average molecular weight is 291 g/mol. The van der Waals surface area contributed by atoms with Gasteiger partial charge in [-0.2, -0.15) is 0 Å². The summed E-state index contributed by atoms with van der Waals surface area (Å²) in [7, 11) is 0. The third kappa shape index (κ3) is 5.69. The van der Waals surface area contributed by atoms with Crippen molar-refractivity contribution in [1.29, 1.82) is 0 Å². The highest BCUT2D eigenvalue weighted by molar-refractivity contribution is 5.86. The minimum absolute atomic E-state index is 0.180. The molecule has 0 fully saturated rings. The molecule has 0 saturated carbocycles. The Bertz CT molecular complexity index is 485. The number of amides is 1. The number of hydrogen-bond donors (Lipinski definition) is 1. The quantitative estimate of drug-likeness (QED) is 0.408. The van der Waals surface area contributed by atoms with E-state index in [1.54, 1.807) is 18.2 Å². The number of carbonyl (C=O) groups excluding carboxylic acids is 2. The molecule has 1 rings (SSSR count). The lowest BCUT2D eigenvalue weighted by Crippen LogP contribution is -2.22. The number of nitrogens with one attached hydrogen (secondary N) is 1. The first-order valence-corrected chi connectivity index (χ1v) is 6.97. The molecule has 0 atom stereocenters. The van der Waals surface area contributed by atoms with Gasteiger partial charge in [-0.3, -0.25) is 9.59 Å². The number of ether oxygens (including phenoxy) is 2. The molecule has 1 N–H and O–H groups in total. The van der Waals surface area contributed by atoms with Crippen molar-refractivity contribution >= 4 is 12.2 Å². The van der Waals surface area contributed by atoms with Gasteiger partial charge in [0, 0.05) is 6.54 Å². The van der Waals surface area contributed by atoms with E-state index in [0.717, 1.165) is 19.1 Å². The maximum Gasteiger partial charge on any atom is 0.243 e. The Balaban J connectivity index is 2.45. The summed E-state index contributed by atoms with van der Waals surface area (Å²) in [4.78, 5) is 22.0. The van der Waals surface area contributed by atoms with E-state index in [-0.39, 0.29) is 5.91 Å². The lowest BCUT2D eigenvalue weighted by molar-refractivity contribution is -0.116. The largest absolute Gasteiger partial charge is 0.490 e. The SMILES string of the molecule is C=CC(=O)NCCCCOc1c(C=O)cccc1OCC. The predicted octanol–water partition coefficient (Wildman–Crippen LogP) is 2.36. The Morgan fingerprint density at radius 1 is 1.33 bits per heavy atom. The molecule has 1 aromatic rings. The molecular weight excluding hydrogens is 270 g/mol. The van der Waals surface area contributed by atoms with Gasteiger partial charge >= 0.3 is 0 Å². The zero-order chi connectivity index (χ0) is 15.5. The summed E-state index contributed by atoms with van der Waals surface area (Å²) in [5.41, 5.74) is 0.473. The summed E-state index contributed by atoms with van der Waals surface area (Å²) in [5.74, 6) is 0.868. The van der Waals surface area contributed by atoms with Gasteiger partial charge in [-0.15, -0.1) is 0 Å². The van der Waals surface area contributed by atoms with Gasteiger partial charge in [0.05, 0.1) is 18.8 Å². The van der Waals surface area contributed by atoms with Crippen molar-refractivity contribution in [2.75, 3.05) is 19.8 Å². The summed E-state index contributed by atoms with van der Waals surface area (Å²) in [6.45, 7) is 6.78. The third-order valence-electron chi connectivity index (χ3n) is 2.74. The zero-order valence-electron chi connectivity index (χ0n) is 12.3. The Labute approximate surface area is 124 Å². The molecule has 1 amide bonds. The highest BCUT2D eigenvalue weighted by atomic mass is 16.5. The Kier molecular flexibility index (Phi) is 7.64. The van der Waals surface area contributed by atoms with Gasteiger partial charge in [0.15, 0.2) is 17.8 Å². The van der Waals surface area contributed by atoms with Crippen molar-refractivity contribution in [3.05, 3.63) is 36.4 Å². The standard InChI is InChI=1S/C16H21NO4/c1-3-15(19)17-10-5-6-11-21-16-13(12-18)8-7-9-14(16)20-4-2/h3,7-9,12H,1,4-6,10-11H2,2H3,(H,17,19). The molecule has 0 aliphatic rings. The number of hydrogen-bond acceptors (Lipinski definition) is 4. The van der Waals surface area contributed by atoms with E-state index in [9.17, 15) is 9.59 Å². The van der Waals surface area contributed by atoms with Crippen LogP contribution in [0.5, 0.6) is 11.5 Å². The molecule has 114 valence electrons. The van der Waals surface area contributed by atoms with Crippen LogP contribution in [-0.4, -0.2) is 32.0 Å². The molecular formula is C16H21NO4. The zero-order valence-corrected chi connectivity index (χ0v) is 12.3. The first-order chi connectivity index (χ1) is 10.2. The molecule has 0 unspecified atom stereocenters. The van der Waals surface area contributed by atoms with Crippen LogP contribution in [-0.2, 0) is 4.79 Å². The van der Waals surface area contributed by atoms with Crippen LogP contribution in [0.25, 0.3) is 0 Å². The summed E-state index contributed by atoms with van der Waals surface area (Å²) in [6.07, 6.45) is 3.54. The van der Waals surface area contributed by atoms with Crippen LogP contribution in [0.3, 0.4) is 0 Å². The van der Waals surface area contributed by atoms with Gasteiger partial charge in [-0.1, -0.05) is 12.6 Å². The molecule has 5 nitrogen and oxygen atoms in total. The van der Waals surface area contributed by atoms with Crippen LogP contribution in [0.2, 0.25) is 0 Å². The Morgan fingerprint density at radius 2 is 2.14 bits per heavy atom. The lowest BCUT2D eigenvalue weighted by atomic mass is 10.2. The van der Waals surface area contributed by atoms with Gasteiger partial charge in [0.1, 0.15) is 0 Å². The monoisotopic (exact) mass is 291 g/mol. The molecule has 0 bridgehead atoms. The molecule has 0 spiro atoms. The number of rotatable bonds is 10. The number of unbranched alkanes of at least 4 members (excludes halogenated alkanes) is 1. The Morgan fingerprint density at radius 3 is 2.81 bits per heavy atom. The summed E-state index contributed by atoms with van der Waals surface area (Å²) >= 11 is 0. The second-order valence-electron chi connectivity index (χ2n) is 4.28. The normalized spacial score (nSPS) is 9.76. The highest BCUT2D eigenvalue weighted by Gasteiger charge is 2.10. The predicted molar refractivity (Wildman–Crippen MR) is 80.9 cm³/mol. The van der Waals surface area contributed by atoms with Crippen LogP contribution in [0.4, 0.5) is 0 Å². The van der Waals surface area contributed by atoms with Crippen LogP contribution < -0.4 is 14.8 Å². The number of carbonyl (C=O) groups is 2. The fraction of sp³-hybridized carbons (Fsp3) is 0.375. The molecule has 0 aliphatic carbocycles. The van der Waals surface area contributed by atoms with E-state index in [0.29, 0.717) is 36.8 Å². The van der Waals surface area contributed by atoms with Gasteiger partial charge in [0.2, 0.25) is 5.91 Å². The van der Waals surface area contributed by atoms with Gasteiger partial charge in [-0.25, -0.2) is 0 Å². The number of benzene rings is 1. The van der Waals surface area contributed by atoms with Gasteiger partial charge in [-0.05, 0) is 38.0 Å². The average Bonchev–Trinajstić information content (AvgIpc) is 2.51. The summed E-state index contributed by atoms with van der Waals surface area (Å²) < 4.78 is 11.1. The van der Waals surface area contributed by atoms with E-state index in [1.807, 2.05) is 6.92 Å². The van der Waals surface area contributed by atoms with Crippen molar-refractivity contribution in [3.63, 3.8) is 0 Å². The van der Waals surface area contributed by atoms with Crippen molar-refractivity contribution in [2.45, 2.75) is 19.8 Å². The molecule has 5 heteroatoms. The molecule has 1 aromatic carbocycles. The van der Waals surface area contributed by atoms with E-state index >= 15 is 0 Å². The van der Waals surface area contributed by atoms with Crippen LogP contribution in [0.1, 0.15) is 30.1 Å². The maximum atomic E-state index is 11.0. The molecule has 0 aromatic heterocycles. The van der Waals surface area contributed by atoms with E-state index in [2.05, 4.69) is 11.9 Å². The van der Waals surface area contributed by atoms with E-state index in [4.69, 9.17) is 9.47 Å². The van der Waals surface area contributed by atoms with Crippen molar-refractivity contribution in [1.82, 2.24) is 5.32 Å². The maximum absolute atomic E-state index is 11.0. The van der Waals surface area contributed by atoms with Crippen molar-refractivity contribution in [2.24, 2.45) is 0 Å². The first-order valence-electron chi connectivity index (χ1n) is 6.97. The van der Waals surface area contributed by atoms with Crippen molar-refractivity contribution < 1.29 is 19.1 Å². The van der Waals surface area contributed by atoms with Crippen molar-refractivity contribution in [3.8, 4) is 11.5 Å². The minimum Gasteiger partial charge on any atom is -0.490 e. The number of para-hydroxylation sites is 1. The van der Waals surface area contributed by atoms with Crippen LogP contribution >= 0.6 is 0 Å². The third-order valence-corrected chi connectivity index (χ3v) is 2.74. The fourth-order valence-electron chi connectivity index (χ4n) is 1.73. The van der Waals surface area contributed by atoms with E-state index < -0.39 is 0 Å². The smallest absolute Gasteiger partial charge is 0.243 e. The second-order valence-corrected chi connectivity index (χ2v) is 4.28. The molecule has 0 radical (unpaired) electrons. The minimum atomic E-state index is -0.180. The summed E-state index contributed by atoms with van der Waals surface area (Å²) in [6, 6.07) is 5.22.